The van der Waals surface area contributed by atoms with Crippen molar-refractivity contribution in [3.8, 4) is 22.4 Å². The largest absolute Gasteiger partial charge is 0.512 e. The Hall–Kier alpha value is -3.11. The number of aryl methyl sites for hydroxylation is 1. The molecule has 2 heterocycles. The van der Waals surface area contributed by atoms with E-state index < -0.39 is 0 Å². The summed E-state index contributed by atoms with van der Waals surface area (Å²) >= 11 is 1.85. The molecular weight excluding hydrogens is 787 g/mol. The SMILES string of the molecule is CCC(C)(CC)C(=O)/C=C(\O)C(C)(CC)CC.Cc1sc2ccccc2c1-c1ccnc(-c2[c-]c3ccccc3c(C(C)(C)C)c2)c1.[Ir]. The molecule has 1 N–H and O–H groups in total. The van der Waals surface area contributed by atoms with Crippen molar-refractivity contribution in [1.82, 2.24) is 4.98 Å². The fourth-order valence-corrected chi connectivity index (χ4v) is 7.02. The molecule has 48 heavy (non-hydrogen) atoms. The summed E-state index contributed by atoms with van der Waals surface area (Å²) in [7, 11) is 0. The van der Waals surface area contributed by atoms with Crippen LogP contribution in [0.3, 0.4) is 0 Å². The van der Waals surface area contributed by atoms with Crippen LogP contribution in [0.1, 0.15) is 98.4 Å². The summed E-state index contributed by atoms with van der Waals surface area (Å²) in [6, 6.07) is 27.4. The normalized spacial score (nSPS) is 12.4. The molecule has 2 aromatic heterocycles. The third-order valence-electron chi connectivity index (χ3n) is 10.3. The van der Waals surface area contributed by atoms with Crippen LogP contribution in [0.15, 0.2) is 84.8 Å². The molecule has 0 saturated carbocycles. The van der Waals surface area contributed by atoms with Crippen LogP contribution >= 0.6 is 11.3 Å². The second kappa shape index (κ2) is 16.1. The van der Waals surface area contributed by atoms with Crippen LogP contribution in [0, 0.1) is 23.8 Å². The molecule has 0 bridgehead atoms. The zero-order chi connectivity index (χ0) is 34.6. The van der Waals surface area contributed by atoms with Gasteiger partial charge in [0.2, 0.25) is 0 Å². The number of pyridine rings is 1. The molecule has 0 saturated heterocycles. The predicted molar refractivity (Wildman–Crippen MR) is 203 cm³/mol. The quantitative estimate of drug-likeness (QED) is 0.0914. The molecular formula is C43H52IrNO2S-. The molecule has 0 unspecified atom stereocenters. The second-order valence-electron chi connectivity index (χ2n) is 14.3. The summed E-state index contributed by atoms with van der Waals surface area (Å²) < 4.78 is 1.33. The maximum Gasteiger partial charge on any atom is 0.164 e. The summed E-state index contributed by atoms with van der Waals surface area (Å²) in [6.45, 7) is 21.1. The van der Waals surface area contributed by atoms with Crippen LogP contribution in [0.2, 0.25) is 0 Å². The first kappa shape index (κ1) is 39.3. The van der Waals surface area contributed by atoms with E-state index in [1.54, 1.807) is 0 Å². The van der Waals surface area contributed by atoms with Crippen molar-refractivity contribution in [1.29, 1.82) is 0 Å². The minimum absolute atomic E-state index is 0. The Labute approximate surface area is 306 Å². The first-order chi connectivity index (χ1) is 22.2. The van der Waals surface area contributed by atoms with Gasteiger partial charge < -0.3 is 5.11 Å². The minimum atomic E-state index is -0.337. The predicted octanol–water partition coefficient (Wildman–Crippen LogP) is 12.8. The zero-order valence-corrected chi connectivity index (χ0v) is 33.6. The van der Waals surface area contributed by atoms with Gasteiger partial charge in [0.15, 0.2) is 5.78 Å². The Morgan fingerprint density at radius 2 is 1.42 bits per heavy atom. The molecule has 3 aromatic carbocycles. The number of fused-ring (bicyclic) bond motifs is 2. The number of ketones is 1. The van der Waals surface area contributed by atoms with E-state index in [1.807, 2.05) is 59.1 Å². The van der Waals surface area contributed by atoms with E-state index in [0.29, 0.717) is 0 Å². The van der Waals surface area contributed by atoms with Gasteiger partial charge in [-0.15, -0.1) is 40.5 Å². The minimum Gasteiger partial charge on any atom is -0.512 e. The number of rotatable bonds is 9. The Balaban J connectivity index is 0.000000301. The average molecular weight is 839 g/mol. The van der Waals surface area contributed by atoms with Crippen LogP contribution in [0.5, 0.6) is 0 Å². The molecule has 0 spiro atoms. The van der Waals surface area contributed by atoms with Gasteiger partial charge in [0, 0.05) is 69.4 Å². The fraction of sp³-hybridized carbons (Fsp3) is 0.395. The van der Waals surface area contributed by atoms with Crippen molar-refractivity contribution in [2.24, 2.45) is 10.8 Å². The number of benzene rings is 3. The molecule has 1 radical (unpaired) electrons. The maximum absolute atomic E-state index is 12.2. The standard InChI is InChI=1S/C28H24NS.C15H28O2.Ir/c1-18-27(23-11-7-8-12-26(23)30-18)20-13-14-29-25(17-20)21-15-19-9-5-6-10-22(19)24(16-21)28(2,3)4;1-7-14(5,8-2)12(16)11-13(17)15(6,9-3)10-4;/h5-14,16-17H,1-4H3;11,16H,7-10H2,1-6H3;/q-1;;/b;12-11-;. The van der Waals surface area contributed by atoms with Crippen LogP contribution in [0.4, 0.5) is 0 Å². The van der Waals surface area contributed by atoms with Crippen molar-refractivity contribution < 1.29 is 30.0 Å². The number of hydrogen-bond donors (Lipinski definition) is 1. The second-order valence-corrected chi connectivity index (χ2v) is 15.5. The van der Waals surface area contributed by atoms with Gasteiger partial charge in [-0.1, -0.05) is 116 Å². The maximum atomic E-state index is 12.2. The summed E-state index contributed by atoms with van der Waals surface area (Å²) in [4.78, 5) is 18.3. The van der Waals surface area contributed by atoms with Gasteiger partial charge in [-0.3, -0.25) is 9.78 Å². The first-order valence-corrected chi connectivity index (χ1v) is 17.9. The molecule has 5 rings (SSSR count). The molecule has 257 valence electrons. The number of carbonyl (C=O) groups is 1. The molecule has 0 aliphatic rings. The number of aliphatic hydroxyl groups excluding tert-OH is 1. The van der Waals surface area contributed by atoms with E-state index >= 15 is 0 Å². The van der Waals surface area contributed by atoms with Gasteiger partial charge >= 0.3 is 0 Å². The van der Waals surface area contributed by atoms with E-state index in [1.165, 1.54) is 43.1 Å². The monoisotopic (exact) mass is 839 g/mol. The van der Waals surface area contributed by atoms with Gasteiger partial charge in [-0.25, -0.2) is 0 Å². The summed E-state index contributed by atoms with van der Waals surface area (Å²) in [5, 5.41) is 13.9. The van der Waals surface area contributed by atoms with E-state index in [2.05, 4.69) is 100 Å². The number of aliphatic hydroxyl groups is 1. The van der Waals surface area contributed by atoms with Gasteiger partial charge in [0.05, 0.1) is 0 Å². The van der Waals surface area contributed by atoms with Crippen LogP contribution in [-0.4, -0.2) is 15.9 Å². The average Bonchev–Trinajstić information content (AvgIpc) is 3.42. The number of hydrogen-bond acceptors (Lipinski definition) is 4. The van der Waals surface area contributed by atoms with Crippen molar-refractivity contribution >= 4 is 38.0 Å². The van der Waals surface area contributed by atoms with E-state index in [9.17, 15) is 9.90 Å². The van der Waals surface area contributed by atoms with E-state index in [0.717, 1.165) is 42.3 Å². The van der Waals surface area contributed by atoms with Gasteiger partial charge in [-0.05, 0) is 55.7 Å². The molecule has 5 aromatic rings. The van der Waals surface area contributed by atoms with Crippen LogP contribution in [0.25, 0.3) is 43.2 Å². The number of aromatic nitrogens is 1. The Morgan fingerprint density at radius 3 is 2.02 bits per heavy atom. The van der Waals surface area contributed by atoms with E-state index in [-0.39, 0.29) is 47.9 Å². The summed E-state index contributed by atoms with van der Waals surface area (Å²) in [5.74, 6) is 0.286. The molecule has 0 atom stereocenters. The van der Waals surface area contributed by atoms with Crippen molar-refractivity contribution in [3.05, 3.63) is 101 Å². The van der Waals surface area contributed by atoms with Crippen LogP contribution in [-0.2, 0) is 30.3 Å². The molecule has 3 nitrogen and oxygen atoms in total. The topological polar surface area (TPSA) is 50.2 Å². The smallest absolute Gasteiger partial charge is 0.164 e. The van der Waals surface area contributed by atoms with Gasteiger partial charge in [0.1, 0.15) is 5.76 Å². The number of thiophene rings is 1. The van der Waals surface area contributed by atoms with Crippen molar-refractivity contribution in [3.63, 3.8) is 0 Å². The molecule has 0 amide bonds. The molecule has 0 aliphatic carbocycles. The number of allylic oxidation sites excluding steroid dienone is 2. The van der Waals surface area contributed by atoms with Crippen LogP contribution < -0.4 is 0 Å². The summed E-state index contributed by atoms with van der Waals surface area (Å²) in [5.41, 5.74) is 5.33. The first-order valence-electron chi connectivity index (χ1n) is 17.1. The van der Waals surface area contributed by atoms with Crippen molar-refractivity contribution in [2.75, 3.05) is 0 Å². The van der Waals surface area contributed by atoms with Gasteiger partial charge in [-0.2, -0.15) is 0 Å². The summed E-state index contributed by atoms with van der Waals surface area (Å²) in [6.07, 6.45) is 6.68. The third kappa shape index (κ3) is 8.36. The van der Waals surface area contributed by atoms with Crippen molar-refractivity contribution in [2.45, 2.75) is 100 Å². The molecule has 0 aliphatic heterocycles. The number of nitrogens with zero attached hydrogens (tertiary/aromatic N) is 1. The van der Waals surface area contributed by atoms with E-state index in [4.69, 9.17) is 4.98 Å². The molecule has 0 fully saturated rings. The third-order valence-corrected chi connectivity index (χ3v) is 11.4. The Kier molecular flexibility index (Phi) is 13.2. The molecule has 5 heteroatoms. The number of carbonyl (C=O) groups excluding carboxylic acids is 1. The Bertz CT molecular complexity index is 1890. The Morgan fingerprint density at radius 1 is 0.833 bits per heavy atom. The zero-order valence-electron chi connectivity index (χ0n) is 30.4. The van der Waals surface area contributed by atoms with Gasteiger partial charge in [0.25, 0.3) is 0 Å². The fourth-order valence-electron chi connectivity index (χ4n) is 5.93.